The van der Waals surface area contributed by atoms with Gasteiger partial charge in [-0.3, -0.25) is 9.59 Å². The van der Waals surface area contributed by atoms with Gasteiger partial charge in [-0.1, -0.05) is 0 Å². The highest BCUT2D eigenvalue weighted by atomic mass is 16.5. The number of carbonyl (C=O) groups is 3. The lowest BCUT2D eigenvalue weighted by Gasteiger charge is -2.24. The second-order valence-electron chi connectivity index (χ2n) is 4.59. The van der Waals surface area contributed by atoms with Crippen molar-refractivity contribution < 1.29 is 33.7 Å². The number of hydrogen-bond donors (Lipinski definition) is 1. The minimum absolute atomic E-state index is 0.201. The molecule has 21 heavy (non-hydrogen) atoms. The van der Waals surface area contributed by atoms with E-state index < -0.39 is 30.1 Å². The number of amides is 1. The number of hydrogen-bond acceptors (Lipinski definition) is 6. The van der Waals surface area contributed by atoms with Crippen LogP contribution in [-0.4, -0.2) is 73.5 Å². The summed E-state index contributed by atoms with van der Waals surface area (Å²) in [5, 5.41) is 8.86. The molecule has 8 heteroatoms. The summed E-state index contributed by atoms with van der Waals surface area (Å²) in [6, 6.07) is 0. The summed E-state index contributed by atoms with van der Waals surface area (Å²) < 4.78 is 14.9. The summed E-state index contributed by atoms with van der Waals surface area (Å²) in [7, 11) is 1.49. The van der Waals surface area contributed by atoms with E-state index in [1.165, 1.54) is 12.0 Å². The third-order valence-corrected chi connectivity index (χ3v) is 3.07. The maximum Gasteiger partial charge on any atom is 0.332 e. The first kappa shape index (κ1) is 17.4. The van der Waals surface area contributed by atoms with Crippen molar-refractivity contribution in [2.45, 2.75) is 32.0 Å². The molecule has 1 N–H and O–H groups in total. The Labute approximate surface area is 122 Å². The molecule has 0 radical (unpaired) electrons. The van der Waals surface area contributed by atoms with E-state index in [0.717, 1.165) is 0 Å². The molecule has 1 rings (SSSR count). The van der Waals surface area contributed by atoms with Gasteiger partial charge in [0.15, 0.2) is 6.10 Å². The summed E-state index contributed by atoms with van der Waals surface area (Å²) in [5.74, 6) is -2.02. The summed E-state index contributed by atoms with van der Waals surface area (Å²) in [5.41, 5.74) is 0. The first-order valence-electron chi connectivity index (χ1n) is 6.81. The fraction of sp³-hybridized carbons (Fsp3) is 0.769. The smallest absolute Gasteiger partial charge is 0.332 e. The van der Waals surface area contributed by atoms with Crippen LogP contribution in [0.3, 0.4) is 0 Å². The number of carboxylic acid groups (broad SMARTS) is 1. The fourth-order valence-corrected chi connectivity index (χ4v) is 2.04. The zero-order valence-corrected chi connectivity index (χ0v) is 12.2. The van der Waals surface area contributed by atoms with Crippen LogP contribution in [-0.2, 0) is 28.6 Å². The number of carbonyl (C=O) groups excluding carboxylic acids is 2. The number of esters is 1. The molecule has 1 saturated heterocycles. The molecule has 8 nitrogen and oxygen atoms in total. The molecule has 0 bridgehead atoms. The van der Waals surface area contributed by atoms with Crippen LogP contribution < -0.4 is 0 Å². The molecular weight excluding hydrogens is 282 g/mol. The summed E-state index contributed by atoms with van der Waals surface area (Å²) >= 11 is 0. The Kier molecular flexibility index (Phi) is 7.10. The second-order valence-corrected chi connectivity index (χ2v) is 4.59. The minimum Gasteiger partial charge on any atom is -0.479 e. The fourth-order valence-electron chi connectivity index (χ4n) is 2.04. The van der Waals surface area contributed by atoms with Crippen LogP contribution in [0.2, 0.25) is 0 Å². The standard InChI is InChI=1S/C13H21NO7/c1-3-20-11(15)8-14(6-7-19-2)12(16)9-4-5-10(21-9)13(17)18/h9-10H,3-8H2,1-2H3,(H,17,18). The monoisotopic (exact) mass is 303 g/mol. The molecule has 1 aliphatic heterocycles. The average Bonchev–Trinajstić information content (AvgIpc) is 2.93. The molecular formula is C13H21NO7. The zero-order valence-electron chi connectivity index (χ0n) is 12.2. The van der Waals surface area contributed by atoms with Crippen molar-refractivity contribution in [2.75, 3.05) is 33.4 Å². The second kappa shape index (κ2) is 8.58. The molecule has 0 saturated carbocycles. The lowest BCUT2D eigenvalue weighted by Crippen LogP contribution is -2.44. The molecule has 120 valence electrons. The minimum atomic E-state index is -1.08. The van der Waals surface area contributed by atoms with Gasteiger partial charge in [0.05, 0.1) is 13.2 Å². The Bertz CT molecular complexity index is 385. The number of carboxylic acids is 1. The van der Waals surface area contributed by atoms with E-state index in [1.54, 1.807) is 6.92 Å². The van der Waals surface area contributed by atoms with Gasteiger partial charge in [-0.25, -0.2) is 4.79 Å². The van der Waals surface area contributed by atoms with Crippen LogP contribution in [0, 0.1) is 0 Å². The van der Waals surface area contributed by atoms with E-state index >= 15 is 0 Å². The molecule has 1 amide bonds. The highest BCUT2D eigenvalue weighted by molar-refractivity contribution is 5.86. The Balaban J connectivity index is 2.62. The molecule has 2 unspecified atom stereocenters. The summed E-state index contributed by atoms with van der Waals surface area (Å²) in [6.07, 6.45) is -1.20. The Hall–Kier alpha value is -1.67. The van der Waals surface area contributed by atoms with Gasteiger partial charge in [0.2, 0.25) is 0 Å². The van der Waals surface area contributed by atoms with Crippen molar-refractivity contribution in [3.8, 4) is 0 Å². The van der Waals surface area contributed by atoms with E-state index in [2.05, 4.69) is 0 Å². The predicted octanol–water partition coefficient (Wildman–Crippen LogP) is -0.343. The van der Waals surface area contributed by atoms with Crippen LogP contribution in [0.1, 0.15) is 19.8 Å². The number of methoxy groups -OCH3 is 1. The van der Waals surface area contributed by atoms with Crippen molar-refractivity contribution in [3.63, 3.8) is 0 Å². The van der Waals surface area contributed by atoms with E-state index in [1.807, 2.05) is 0 Å². The molecule has 1 heterocycles. The third kappa shape index (κ3) is 5.31. The Morgan fingerprint density at radius 2 is 1.95 bits per heavy atom. The van der Waals surface area contributed by atoms with Gasteiger partial charge in [-0.05, 0) is 19.8 Å². The summed E-state index contributed by atoms with van der Waals surface area (Å²) in [4.78, 5) is 35.9. The van der Waals surface area contributed by atoms with Gasteiger partial charge in [0, 0.05) is 13.7 Å². The van der Waals surface area contributed by atoms with Gasteiger partial charge in [-0.15, -0.1) is 0 Å². The van der Waals surface area contributed by atoms with Crippen molar-refractivity contribution in [1.82, 2.24) is 4.90 Å². The van der Waals surface area contributed by atoms with Gasteiger partial charge >= 0.3 is 11.9 Å². The maximum absolute atomic E-state index is 12.3. The maximum atomic E-state index is 12.3. The van der Waals surface area contributed by atoms with Crippen LogP contribution in [0.4, 0.5) is 0 Å². The Morgan fingerprint density at radius 1 is 1.29 bits per heavy atom. The van der Waals surface area contributed by atoms with Crippen LogP contribution in [0.15, 0.2) is 0 Å². The topological polar surface area (TPSA) is 102 Å². The number of nitrogens with zero attached hydrogens (tertiary/aromatic N) is 1. The molecule has 0 aromatic heterocycles. The highest BCUT2D eigenvalue weighted by Crippen LogP contribution is 2.21. The SMILES string of the molecule is CCOC(=O)CN(CCOC)C(=O)C1CCC(C(=O)O)O1. The van der Waals surface area contributed by atoms with Crippen molar-refractivity contribution in [1.29, 1.82) is 0 Å². The normalized spacial score (nSPS) is 21.0. The van der Waals surface area contributed by atoms with E-state index in [9.17, 15) is 14.4 Å². The number of ether oxygens (including phenoxy) is 3. The van der Waals surface area contributed by atoms with Crippen LogP contribution in [0.5, 0.6) is 0 Å². The quantitative estimate of drug-likeness (QED) is 0.612. The zero-order chi connectivity index (χ0) is 15.8. The average molecular weight is 303 g/mol. The van der Waals surface area contributed by atoms with Gasteiger partial charge in [-0.2, -0.15) is 0 Å². The molecule has 2 atom stereocenters. The van der Waals surface area contributed by atoms with E-state index in [4.69, 9.17) is 19.3 Å². The largest absolute Gasteiger partial charge is 0.479 e. The first-order chi connectivity index (χ1) is 9.99. The summed E-state index contributed by atoms with van der Waals surface area (Å²) in [6.45, 7) is 2.18. The highest BCUT2D eigenvalue weighted by Gasteiger charge is 2.37. The van der Waals surface area contributed by atoms with Gasteiger partial charge in [0.1, 0.15) is 12.6 Å². The number of aliphatic carboxylic acids is 1. The van der Waals surface area contributed by atoms with Crippen molar-refractivity contribution in [2.24, 2.45) is 0 Å². The van der Waals surface area contributed by atoms with Gasteiger partial charge in [0.25, 0.3) is 5.91 Å². The number of rotatable bonds is 8. The van der Waals surface area contributed by atoms with E-state index in [0.29, 0.717) is 6.42 Å². The van der Waals surface area contributed by atoms with E-state index in [-0.39, 0.29) is 32.7 Å². The van der Waals surface area contributed by atoms with Crippen molar-refractivity contribution in [3.05, 3.63) is 0 Å². The van der Waals surface area contributed by atoms with Crippen LogP contribution in [0.25, 0.3) is 0 Å². The molecule has 0 aromatic rings. The lowest BCUT2D eigenvalue weighted by atomic mass is 10.2. The molecule has 0 spiro atoms. The third-order valence-electron chi connectivity index (χ3n) is 3.07. The van der Waals surface area contributed by atoms with Crippen LogP contribution >= 0.6 is 0 Å². The molecule has 0 aromatic carbocycles. The first-order valence-corrected chi connectivity index (χ1v) is 6.81. The molecule has 0 aliphatic carbocycles. The Morgan fingerprint density at radius 3 is 2.48 bits per heavy atom. The van der Waals surface area contributed by atoms with Crippen molar-refractivity contribution >= 4 is 17.8 Å². The van der Waals surface area contributed by atoms with Gasteiger partial charge < -0.3 is 24.2 Å². The predicted molar refractivity (Wildman–Crippen MR) is 70.6 cm³/mol. The molecule has 1 aliphatic rings. The molecule has 1 fully saturated rings. The lowest BCUT2D eigenvalue weighted by molar-refractivity contribution is -0.158.